The number of hydrogen-bond acceptors (Lipinski definition) is 1. The maximum atomic E-state index is 5.67. The van der Waals surface area contributed by atoms with E-state index in [1.165, 1.54) is 0 Å². The molecule has 0 aliphatic rings. The van der Waals surface area contributed by atoms with Gasteiger partial charge in [0.1, 0.15) is 0 Å². The van der Waals surface area contributed by atoms with E-state index in [-0.39, 0.29) is 12.4 Å². The Hall–Kier alpha value is -1.26. The van der Waals surface area contributed by atoms with Gasteiger partial charge in [-0.2, -0.15) is 0 Å². The van der Waals surface area contributed by atoms with Gasteiger partial charge in [0.2, 0.25) is 0 Å². The lowest BCUT2D eigenvalue weighted by Crippen LogP contribution is -3.00. The van der Waals surface area contributed by atoms with Gasteiger partial charge in [-0.15, -0.1) is 0 Å². The maximum Gasteiger partial charge on any atom is 0.346 e. The monoisotopic (exact) mass is 228 g/mol. The summed E-state index contributed by atoms with van der Waals surface area (Å²) in [5.74, 6) is 0.557. The standard InChI is InChI=1S/C10H16N4.ClH/c1-2-13-10(12)14-9-5-3-4-8(6-9)7-11;/h3-6H,2,7,11H2,1H3,(H3,12,13,14);1H. The van der Waals surface area contributed by atoms with E-state index in [9.17, 15) is 0 Å². The minimum absolute atomic E-state index is 0. The van der Waals surface area contributed by atoms with Crippen molar-refractivity contribution < 1.29 is 17.4 Å². The van der Waals surface area contributed by atoms with Crippen LogP contribution in [0.5, 0.6) is 0 Å². The van der Waals surface area contributed by atoms with Crippen LogP contribution in [0.3, 0.4) is 0 Å². The number of nitrogens with one attached hydrogen (secondary N) is 2. The summed E-state index contributed by atoms with van der Waals surface area (Å²) in [5, 5.41) is 3.05. The van der Waals surface area contributed by atoms with Gasteiger partial charge in [0, 0.05) is 6.54 Å². The first-order valence-electron chi connectivity index (χ1n) is 4.68. The van der Waals surface area contributed by atoms with Gasteiger partial charge in [0.25, 0.3) is 0 Å². The van der Waals surface area contributed by atoms with Crippen LogP contribution in [0.1, 0.15) is 12.5 Å². The molecule has 0 aliphatic carbocycles. The van der Waals surface area contributed by atoms with Gasteiger partial charge in [-0.25, -0.2) is 5.32 Å². The molecule has 0 fully saturated rings. The molecule has 0 saturated heterocycles. The molecular formula is C10H17ClN4. The van der Waals surface area contributed by atoms with Crippen molar-refractivity contribution in [1.82, 2.24) is 0 Å². The predicted octanol–water partition coefficient (Wildman–Crippen LogP) is -4.02. The SMILES string of the molecule is CC[NH+]=C(N)Nc1cccc(CN)c1.[Cl-]. The molecule has 0 aliphatic heterocycles. The van der Waals surface area contributed by atoms with Crippen molar-refractivity contribution in [2.75, 3.05) is 11.9 Å². The zero-order valence-electron chi connectivity index (χ0n) is 8.76. The van der Waals surface area contributed by atoms with Gasteiger partial charge in [-0.3, -0.25) is 10.7 Å². The van der Waals surface area contributed by atoms with Crippen LogP contribution in [0.2, 0.25) is 0 Å². The highest BCUT2D eigenvalue weighted by molar-refractivity contribution is 5.87. The first-order valence-corrected chi connectivity index (χ1v) is 4.68. The normalized spacial score (nSPS) is 10.7. The molecule has 84 valence electrons. The maximum absolute atomic E-state index is 5.67. The molecule has 5 heteroatoms. The third-order valence-electron chi connectivity index (χ3n) is 1.81. The van der Waals surface area contributed by atoms with E-state index >= 15 is 0 Å². The summed E-state index contributed by atoms with van der Waals surface area (Å²) in [6.45, 7) is 3.33. The van der Waals surface area contributed by atoms with E-state index in [0.717, 1.165) is 17.8 Å². The minimum atomic E-state index is 0. The molecule has 1 aromatic carbocycles. The minimum Gasteiger partial charge on any atom is -1.00 e. The van der Waals surface area contributed by atoms with Crippen molar-refractivity contribution in [3.05, 3.63) is 29.8 Å². The van der Waals surface area contributed by atoms with Gasteiger partial charge in [0.05, 0.1) is 12.2 Å². The van der Waals surface area contributed by atoms with Crippen molar-refractivity contribution in [3.63, 3.8) is 0 Å². The van der Waals surface area contributed by atoms with E-state index < -0.39 is 0 Å². The second-order valence-corrected chi connectivity index (χ2v) is 2.97. The van der Waals surface area contributed by atoms with Crippen molar-refractivity contribution in [2.45, 2.75) is 13.5 Å². The summed E-state index contributed by atoms with van der Waals surface area (Å²) in [6, 6.07) is 7.85. The first-order chi connectivity index (χ1) is 6.76. The molecule has 15 heavy (non-hydrogen) atoms. The van der Waals surface area contributed by atoms with Crippen LogP contribution in [-0.4, -0.2) is 12.5 Å². The van der Waals surface area contributed by atoms with Crippen LogP contribution in [0.4, 0.5) is 5.69 Å². The Morgan fingerprint density at radius 2 is 2.20 bits per heavy atom. The summed E-state index contributed by atoms with van der Waals surface area (Å²) >= 11 is 0. The molecule has 0 bridgehead atoms. The van der Waals surface area contributed by atoms with E-state index in [1.54, 1.807) is 0 Å². The fourth-order valence-electron chi connectivity index (χ4n) is 1.17. The molecule has 0 aromatic heterocycles. The Balaban J connectivity index is 0.00000196. The molecule has 0 amide bonds. The van der Waals surface area contributed by atoms with Crippen LogP contribution in [0.25, 0.3) is 0 Å². The van der Waals surface area contributed by atoms with Crippen LogP contribution >= 0.6 is 0 Å². The van der Waals surface area contributed by atoms with E-state index in [4.69, 9.17) is 11.5 Å². The van der Waals surface area contributed by atoms with Gasteiger partial charge in [-0.1, -0.05) is 12.1 Å². The fourth-order valence-corrected chi connectivity index (χ4v) is 1.17. The predicted molar refractivity (Wildman–Crippen MR) is 58.7 cm³/mol. The van der Waals surface area contributed by atoms with Crippen LogP contribution in [0, 0.1) is 0 Å². The van der Waals surface area contributed by atoms with Crippen LogP contribution in [-0.2, 0) is 6.54 Å². The summed E-state index contributed by atoms with van der Waals surface area (Å²) in [4.78, 5) is 2.98. The second kappa shape index (κ2) is 7.09. The molecule has 0 unspecified atom stereocenters. The number of halogens is 1. The number of benzene rings is 1. The van der Waals surface area contributed by atoms with Crippen molar-refractivity contribution in [2.24, 2.45) is 11.5 Å². The first kappa shape index (κ1) is 13.7. The molecule has 0 radical (unpaired) electrons. The molecule has 0 spiro atoms. The molecule has 0 saturated carbocycles. The number of anilines is 1. The largest absolute Gasteiger partial charge is 1.00 e. The van der Waals surface area contributed by atoms with Crippen molar-refractivity contribution >= 4 is 11.6 Å². The average Bonchev–Trinajstić information content (AvgIpc) is 2.18. The fraction of sp³-hybridized carbons (Fsp3) is 0.300. The summed E-state index contributed by atoms with van der Waals surface area (Å²) in [7, 11) is 0. The van der Waals surface area contributed by atoms with Crippen LogP contribution < -0.4 is 34.2 Å². The summed E-state index contributed by atoms with van der Waals surface area (Å²) < 4.78 is 0. The molecule has 6 N–H and O–H groups in total. The topological polar surface area (TPSA) is 78.0 Å². The highest BCUT2D eigenvalue weighted by Gasteiger charge is 2.00. The Bertz CT molecular complexity index is 325. The third kappa shape index (κ3) is 4.67. The van der Waals surface area contributed by atoms with Crippen molar-refractivity contribution in [1.29, 1.82) is 0 Å². The number of hydrogen-bond donors (Lipinski definition) is 4. The Kier molecular flexibility index (Phi) is 6.49. The van der Waals surface area contributed by atoms with E-state index in [1.807, 2.05) is 31.2 Å². The highest BCUT2D eigenvalue weighted by atomic mass is 35.5. The zero-order valence-corrected chi connectivity index (χ0v) is 9.51. The lowest BCUT2D eigenvalue weighted by molar-refractivity contribution is -0.453. The van der Waals surface area contributed by atoms with Gasteiger partial charge >= 0.3 is 5.96 Å². The highest BCUT2D eigenvalue weighted by Crippen LogP contribution is 2.08. The van der Waals surface area contributed by atoms with Gasteiger partial charge in [0.15, 0.2) is 0 Å². The third-order valence-corrected chi connectivity index (χ3v) is 1.81. The lowest BCUT2D eigenvalue weighted by atomic mass is 10.2. The molecule has 0 atom stereocenters. The Morgan fingerprint density at radius 3 is 2.80 bits per heavy atom. The van der Waals surface area contributed by atoms with E-state index in [2.05, 4.69) is 10.3 Å². The second-order valence-electron chi connectivity index (χ2n) is 2.97. The smallest absolute Gasteiger partial charge is 0.346 e. The molecule has 4 nitrogen and oxygen atoms in total. The molecule has 1 rings (SSSR count). The number of nitrogens with two attached hydrogens (primary N) is 2. The molecule has 1 aromatic rings. The van der Waals surface area contributed by atoms with Gasteiger partial charge in [-0.05, 0) is 24.6 Å². The Labute approximate surface area is 96.2 Å². The van der Waals surface area contributed by atoms with Crippen molar-refractivity contribution in [3.8, 4) is 0 Å². The average molecular weight is 229 g/mol. The summed E-state index contributed by atoms with van der Waals surface area (Å²) in [5.41, 5.74) is 13.2. The molecule has 0 heterocycles. The quantitative estimate of drug-likeness (QED) is 0.315. The zero-order chi connectivity index (χ0) is 10.4. The van der Waals surface area contributed by atoms with Crippen LogP contribution in [0.15, 0.2) is 24.3 Å². The number of rotatable bonds is 3. The molecular weight excluding hydrogens is 212 g/mol. The number of guanidine groups is 1. The van der Waals surface area contributed by atoms with Gasteiger partial charge < -0.3 is 18.1 Å². The van der Waals surface area contributed by atoms with E-state index in [0.29, 0.717) is 12.5 Å². The Morgan fingerprint density at radius 1 is 1.47 bits per heavy atom. The summed E-state index contributed by atoms with van der Waals surface area (Å²) in [6.07, 6.45) is 0. The lowest BCUT2D eigenvalue weighted by Gasteiger charge is -2.01.